The monoisotopic (exact) mass is 416 g/mol. The van der Waals surface area contributed by atoms with Crippen LogP contribution in [-0.4, -0.2) is 20.9 Å². The second-order valence-corrected chi connectivity index (χ2v) is 10.0. The molecule has 2 N–H and O–H groups in total. The molecule has 0 saturated heterocycles. The molecule has 1 aliphatic heterocycles. The standard InChI is InChI=1S/C22H28N2O4S/c1-12-13(2)15(4)20(16(5)14(12)3)29(26,27)24-17-8-9-18-19(10-17)28-11-22(6,7)21(25)23-18/h8-10,24H,11H2,1-7H3,(H,23,25). The Bertz CT molecular complexity index is 1090. The molecule has 156 valence electrons. The van der Waals surface area contributed by atoms with Gasteiger partial charge >= 0.3 is 0 Å². The second-order valence-electron chi connectivity index (χ2n) is 8.40. The molecule has 7 heteroatoms. The lowest BCUT2D eigenvalue weighted by Gasteiger charge is -2.20. The van der Waals surface area contributed by atoms with Crippen molar-refractivity contribution in [3.05, 3.63) is 46.0 Å². The van der Waals surface area contributed by atoms with Crippen LogP contribution < -0.4 is 14.8 Å². The predicted octanol–water partition coefficient (Wildman–Crippen LogP) is 4.39. The van der Waals surface area contributed by atoms with E-state index in [-0.39, 0.29) is 12.5 Å². The van der Waals surface area contributed by atoms with Gasteiger partial charge in [-0.25, -0.2) is 8.42 Å². The minimum atomic E-state index is -3.80. The highest BCUT2D eigenvalue weighted by atomic mass is 32.2. The summed E-state index contributed by atoms with van der Waals surface area (Å²) in [6.45, 7) is 13.4. The smallest absolute Gasteiger partial charge is 0.262 e. The summed E-state index contributed by atoms with van der Waals surface area (Å²) in [7, 11) is -3.80. The van der Waals surface area contributed by atoms with E-state index in [1.165, 1.54) is 0 Å². The number of sulfonamides is 1. The highest BCUT2D eigenvalue weighted by molar-refractivity contribution is 7.92. The van der Waals surface area contributed by atoms with Crippen molar-refractivity contribution in [2.45, 2.75) is 53.4 Å². The third-order valence-electron chi connectivity index (χ3n) is 5.89. The third-order valence-corrected chi connectivity index (χ3v) is 7.54. The zero-order valence-corrected chi connectivity index (χ0v) is 18.8. The zero-order chi connectivity index (χ0) is 21.7. The molecular weight excluding hydrogens is 388 g/mol. The van der Waals surface area contributed by atoms with Crippen molar-refractivity contribution < 1.29 is 17.9 Å². The van der Waals surface area contributed by atoms with Gasteiger partial charge in [-0.2, -0.15) is 0 Å². The van der Waals surface area contributed by atoms with Gasteiger partial charge in [-0.15, -0.1) is 0 Å². The number of nitrogens with one attached hydrogen (secondary N) is 2. The summed E-state index contributed by atoms with van der Waals surface area (Å²) in [5.74, 6) is 0.301. The predicted molar refractivity (Wildman–Crippen MR) is 115 cm³/mol. The fourth-order valence-corrected chi connectivity index (χ4v) is 5.15. The normalized spacial score (nSPS) is 15.8. The minimum absolute atomic E-state index is 0.138. The van der Waals surface area contributed by atoms with Gasteiger partial charge in [0.25, 0.3) is 10.0 Å². The number of benzene rings is 2. The maximum absolute atomic E-state index is 13.2. The van der Waals surface area contributed by atoms with Gasteiger partial charge in [-0.05, 0) is 88.4 Å². The molecule has 0 radical (unpaired) electrons. The summed E-state index contributed by atoms with van der Waals surface area (Å²) in [5.41, 5.74) is 4.79. The first-order valence-corrected chi connectivity index (χ1v) is 11.0. The molecule has 6 nitrogen and oxygen atoms in total. The van der Waals surface area contributed by atoms with Crippen molar-refractivity contribution in [1.82, 2.24) is 0 Å². The van der Waals surface area contributed by atoms with Crippen molar-refractivity contribution in [1.29, 1.82) is 0 Å². The van der Waals surface area contributed by atoms with E-state index >= 15 is 0 Å². The van der Waals surface area contributed by atoms with Gasteiger partial charge in [0.15, 0.2) is 0 Å². The van der Waals surface area contributed by atoms with E-state index in [0.29, 0.717) is 22.0 Å². The lowest BCUT2D eigenvalue weighted by molar-refractivity contribution is -0.124. The van der Waals surface area contributed by atoms with Gasteiger partial charge < -0.3 is 10.1 Å². The highest BCUT2D eigenvalue weighted by Crippen LogP contribution is 2.36. The Morgan fingerprint density at radius 2 is 1.52 bits per heavy atom. The Hall–Kier alpha value is -2.54. The summed E-state index contributed by atoms with van der Waals surface area (Å²) in [6.07, 6.45) is 0. The number of fused-ring (bicyclic) bond motifs is 1. The van der Waals surface area contributed by atoms with Crippen molar-refractivity contribution in [3.8, 4) is 5.75 Å². The average Bonchev–Trinajstić information content (AvgIpc) is 2.74. The number of amides is 1. The van der Waals surface area contributed by atoms with Crippen molar-refractivity contribution >= 4 is 27.3 Å². The second kappa shape index (κ2) is 7.06. The lowest BCUT2D eigenvalue weighted by Crippen LogP contribution is -2.33. The molecule has 0 bridgehead atoms. The summed E-state index contributed by atoms with van der Waals surface area (Å²) in [6, 6.07) is 4.88. The Labute approximate surface area is 172 Å². The Morgan fingerprint density at radius 3 is 2.10 bits per heavy atom. The average molecular weight is 417 g/mol. The molecule has 3 rings (SSSR count). The van der Waals surface area contributed by atoms with Crippen molar-refractivity contribution in [3.63, 3.8) is 0 Å². The van der Waals surface area contributed by atoms with Crippen molar-refractivity contribution in [2.24, 2.45) is 5.41 Å². The van der Waals surface area contributed by atoms with Gasteiger partial charge in [0.05, 0.1) is 21.7 Å². The number of hydrogen-bond acceptors (Lipinski definition) is 4. The van der Waals surface area contributed by atoms with Crippen LogP contribution in [0.1, 0.15) is 41.7 Å². The first kappa shape index (κ1) is 21.2. The highest BCUT2D eigenvalue weighted by Gasteiger charge is 2.32. The SMILES string of the molecule is Cc1c(C)c(C)c(S(=O)(=O)Nc2ccc3c(c2)OCC(C)(C)C(=O)N3)c(C)c1C. The van der Waals surface area contributed by atoms with Gasteiger partial charge in [-0.1, -0.05) is 0 Å². The molecule has 2 aromatic carbocycles. The van der Waals surface area contributed by atoms with E-state index in [4.69, 9.17) is 4.74 Å². The van der Waals surface area contributed by atoms with Crippen LogP contribution >= 0.6 is 0 Å². The van der Waals surface area contributed by atoms with Crippen LogP contribution in [0.3, 0.4) is 0 Å². The molecule has 29 heavy (non-hydrogen) atoms. The molecule has 1 amide bonds. The maximum Gasteiger partial charge on any atom is 0.262 e. The maximum atomic E-state index is 13.2. The molecule has 0 spiro atoms. The molecule has 0 aliphatic carbocycles. The van der Waals surface area contributed by atoms with Gasteiger partial charge in [0.2, 0.25) is 5.91 Å². The molecular formula is C22H28N2O4S. The third kappa shape index (κ3) is 3.71. The summed E-state index contributed by atoms with van der Waals surface area (Å²) in [5, 5.41) is 2.83. The van der Waals surface area contributed by atoms with Gasteiger partial charge in [-0.3, -0.25) is 9.52 Å². The molecule has 0 atom stereocenters. The van der Waals surface area contributed by atoms with Crippen LogP contribution in [0.15, 0.2) is 23.1 Å². The molecule has 1 aliphatic rings. The lowest BCUT2D eigenvalue weighted by atomic mass is 9.94. The molecule has 0 saturated carbocycles. The Morgan fingerprint density at radius 1 is 0.966 bits per heavy atom. The molecule has 0 fully saturated rings. The fourth-order valence-electron chi connectivity index (χ4n) is 3.50. The number of anilines is 2. The zero-order valence-electron chi connectivity index (χ0n) is 18.0. The molecule has 2 aromatic rings. The van der Waals surface area contributed by atoms with Crippen LogP contribution in [0, 0.1) is 40.0 Å². The Kier molecular flexibility index (Phi) is 5.15. The topological polar surface area (TPSA) is 84.5 Å². The van der Waals surface area contributed by atoms with E-state index in [0.717, 1.165) is 27.8 Å². The van der Waals surface area contributed by atoms with E-state index in [2.05, 4.69) is 10.0 Å². The van der Waals surface area contributed by atoms with Crippen LogP contribution in [0.5, 0.6) is 5.75 Å². The molecule has 0 unspecified atom stereocenters. The van der Waals surface area contributed by atoms with Gasteiger partial charge in [0, 0.05) is 6.07 Å². The van der Waals surface area contributed by atoms with Gasteiger partial charge in [0.1, 0.15) is 12.4 Å². The quantitative estimate of drug-likeness (QED) is 0.777. The van der Waals surface area contributed by atoms with Crippen molar-refractivity contribution in [2.75, 3.05) is 16.6 Å². The summed E-state index contributed by atoms with van der Waals surface area (Å²) >= 11 is 0. The Balaban J connectivity index is 2.00. The number of carbonyl (C=O) groups is 1. The van der Waals surface area contributed by atoms with E-state index in [9.17, 15) is 13.2 Å². The van der Waals surface area contributed by atoms with Crippen LogP contribution in [0.25, 0.3) is 0 Å². The summed E-state index contributed by atoms with van der Waals surface area (Å²) < 4.78 is 34.9. The number of carbonyl (C=O) groups excluding carboxylic acids is 1. The minimum Gasteiger partial charge on any atom is -0.490 e. The van der Waals surface area contributed by atoms with E-state index < -0.39 is 15.4 Å². The van der Waals surface area contributed by atoms with E-state index in [1.54, 1.807) is 32.0 Å². The fraction of sp³-hybridized carbons (Fsp3) is 0.409. The van der Waals surface area contributed by atoms with Crippen LogP contribution in [0.2, 0.25) is 0 Å². The van der Waals surface area contributed by atoms with Crippen LogP contribution in [-0.2, 0) is 14.8 Å². The van der Waals surface area contributed by atoms with E-state index in [1.807, 2.05) is 34.6 Å². The number of rotatable bonds is 3. The number of ether oxygens (including phenoxy) is 1. The molecule has 1 heterocycles. The first-order valence-electron chi connectivity index (χ1n) is 9.53. The molecule has 0 aromatic heterocycles. The first-order chi connectivity index (χ1) is 13.3. The van der Waals surface area contributed by atoms with Crippen LogP contribution in [0.4, 0.5) is 11.4 Å². The number of hydrogen-bond donors (Lipinski definition) is 2. The summed E-state index contributed by atoms with van der Waals surface area (Å²) in [4.78, 5) is 12.6. The largest absolute Gasteiger partial charge is 0.490 e.